The molecule has 0 saturated heterocycles. The van der Waals surface area contributed by atoms with Crippen molar-refractivity contribution >= 4 is 49.8 Å². The number of benzene rings is 3. The zero-order valence-corrected chi connectivity index (χ0v) is 17.1. The summed E-state index contributed by atoms with van der Waals surface area (Å²) in [5.41, 5.74) is 5.36. The Bertz CT molecular complexity index is 1520. The van der Waals surface area contributed by atoms with Gasteiger partial charge in [-0.2, -0.15) is 0 Å². The average molecular weight is 414 g/mol. The lowest BCUT2D eigenvalue weighted by atomic mass is 10.1. The number of hydrogen-bond acceptors (Lipinski definition) is 5. The molecule has 0 atom stereocenters. The Hall–Kier alpha value is -3.09. The van der Waals surface area contributed by atoms with E-state index in [-0.39, 0.29) is 4.74 Å². The van der Waals surface area contributed by atoms with Crippen molar-refractivity contribution in [2.24, 2.45) is 0 Å². The second kappa shape index (κ2) is 6.20. The minimum Gasteiger partial charge on any atom is -0.336 e. The number of para-hydroxylation sites is 2. The van der Waals surface area contributed by atoms with E-state index in [4.69, 9.17) is 0 Å². The van der Waals surface area contributed by atoms with Crippen molar-refractivity contribution in [2.45, 2.75) is 4.90 Å². The molecular weight excluding hydrogens is 398 g/mol. The van der Waals surface area contributed by atoms with Gasteiger partial charge < -0.3 is 4.90 Å². The van der Waals surface area contributed by atoms with E-state index in [0.29, 0.717) is 5.35 Å². The van der Waals surface area contributed by atoms with E-state index in [0.717, 1.165) is 31.6 Å². The van der Waals surface area contributed by atoms with Gasteiger partial charge in [-0.05, 0) is 35.4 Å². The van der Waals surface area contributed by atoms with Crippen LogP contribution in [0.2, 0.25) is 0 Å². The fraction of sp³-hybridized carbons (Fsp3) is 0.0435. The number of thioether (sulfide) groups is 1. The van der Waals surface area contributed by atoms with E-state index < -0.39 is 0 Å². The van der Waals surface area contributed by atoms with Crippen molar-refractivity contribution in [2.75, 3.05) is 11.9 Å². The summed E-state index contributed by atoms with van der Waals surface area (Å²) >= 11 is 2.86. The van der Waals surface area contributed by atoms with Crippen LogP contribution in [0.3, 0.4) is 0 Å². The van der Waals surface area contributed by atoms with Gasteiger partial charge in [0, 0.05) is 11.9 Å². The summed E-state index contributed by atoms with van der Waals surface area (Å²) in [5, 5.41) is 1.65. The first-order valence-corrected chi connectivity index (χ1v) is 10.9. The lowest BCUT2D eigenvalue weighted by Crippen LogP contribution is -2.30. The number of anilines is 1. The predicted molar refractivity (Wildman–Crippen MR) is 122 cm³/mol. The summed E-state index contributed by atoms with van der Waals surface area (Å²) in [6.07, 6.45) is 0. The Kier molecular flexibility index (Phi) is 3.60. The molecule has 2 aromatic heterocycles. The molecule has 0 unspecified atom stereocenters. The zero-order valence-electron chi connectivity index (χ0n) is 15.5. The van der Waals surface area contributed by atoms with Gasteiger partial charge in [-0.15, -0.1) is 0 Å². The van der Waals surface area contributed by atoms with Crippen LogP contribution < -0.4 is 15.0 Å². The molecule has 0 bridgehead atoms. The number of rotatable bonds is 1. The first kappa shape index (κ1) is 16.8. The monoisotopic (exact) mass is 413 g/mol. The Labute approximate surface area is 174 Å². The molecule has 0 saturated carbocycles. The van der Waals surface area contributed by atoms with Crippen LogP contribution >= 0.6 is 23.1 Å². The molecule has 1 aliphatic heterocycles. The molecule has 0 radical (unpaired) electrons. The summed E-state index contributed by atoms with van der Waals surface area (Å²) in [6.45, 7) is 0. The van der Waals surface area contributed by atoms with E-state index >= 15 is 0 Å². The van der Waals surface area contributed by atoms with Crippen molar-refractivity contribution in [3.63, 3.8) is 0 Å². The van der Waals surface area contributed by atoms with Crippen LogP contribution in [0.15, 0.2) is 82.5 Å². The third-order valence-electron chi connectivity index (χ3n) is 5.27. The van der Waals surface area contributed by atoms with Gasteiger partial charge >= 0.3 is 0 Å². The summed E-state index contributed by atoms with van der Waals surface area (Å²) in [4.78, 5) is 21.6. The van der Waals surface area contributed by atoms with Crippen molar-refractivity contribution in [1.29, 1.82) is 0 Å². The molecule has 1 aliphatic rings. The second-order valence-corrected chi connectivity index (χ2v) is 8.94. The highest BCUT2D eigenvalue weighted by Crippen LogP contribution is 2.46. The lowest BCUT2D eigenvalue weighted by Gasteiger charge is -2.14. The normalized spacial score (nSPS) is 15.4. The quantitative estimate of drug-likeness (QED) is 0.402. The highest BCUT2D eigenvalue weighted by Gasteiger charge is 2.26. The summed E-state index contributed by atoms with van der Waals surface area (Å²) in [7, 11) is 2.03. The standard InChI is InChI=1S/C23H15N3OS2/c1-25-18-13-15(14-7-3-2-4-8-14)11-12-19(18)28-21(25)20-22(27)29-23-24-16-9-5-6-10-17(16)26(20)23/h2-13H,1H3. The van der Waals surface area contributed by atoms with E-state index in [1.54, 1.807) is 11.8 Å². The average Bonchev–Trinajstić information content (AvgIpc) is 3.37. The molecule has 0 amide bonds. The van der Waals surface area contributed by atoms with E-state index in [1.165, 1.54) is 22.5 Å². The largest absolute Gasteiger partial charge is 0.336 e. The highest BCUT2D eigenvalue weighted by molar-refractivity contribution is 8.08. The third kappa shape index (κ3) is 2.46. The Morgan fingerprint density at radius 2 is 1.69 bits per heavy atom. The molecule has 140 valence electrons. The lowest BCUT2D eigenvalue weighted by molar-refractivity contribution is 1.15. The minimum atomic E-state index is 0.0451. The molecule has 3 aromatic carbocycles. The van der Waals surface area contributed by atoms with Crippen molar-refractivity contribution in [3.05, 3.63) is 87.7 Å². The molecule has 0 N–H and O–H groups in total. The Morgan fingerprint density at radius 3 is 2.55 bits per heavy atom. The van der Waals surface area contributed by atoms with Gasteiger partial charge in [-0.3, -0.25) is 9.20 Å². The Morgan fingerprint density at radius 1 is 0.897 bits per heavy atom. The number of imidazole rings is 1. The fourth-order valence-electron chi connectivity index (χ4n) is 3.86. The molecule has 0 spiro atoms. The van der Waals surface area contributed by atoms with Crippen molar-refractivity contribution < 1.29 is 0 Å². The second-order valence-electron chi connectivity index (χ2n) is 6.97. The number of fused-ring (bicyclic) bond motifs is 4. The topological polar surface area (TPSA) is 37.6 Å². The molecule has 6 rings (SSSR count). The first-order valence-electron chi connectivity index (χ1n) is 9.26. The van der Waals surface area contributed by atoms with Gasteiger partial charge in [0.2, 0.25) is 0 Å². The maximum absolute atomic E-state index is 12.9. The smallest absolute Gasteiger partial charge is 0.262 e. The number of hydrogen-bond donors (Lipinski definition) is 0. The molecular formula is C23H15N3OS2. The van der Waals surface area contributed by atoms with Crippen LogP contribution in [0.4, 0.5) is 5.69 Å². The van der Waals surface area contributed by atoms with Gasteiger partial charge in [0.15, 0.2) is 4.96 Å². The third-order valence-corrected chi connectivity index (χ3v) is 7.33. The van der Waals surface area contributed by atoms with Gasteiger partial charge in [0.25, 0.3) is 4.74 Å². The number of nitrogens with zero attached hydrogens (tertiary/aromatic N) is 3. The van der Waals surface area contributed by atoms with Gasteiger partial charge in [-0.25, -0.2) is 4.98 Å². The van der Waals surface area contributed by atoms with Crippen LogP contribution in [0.25, 0.3) is 32.2 Å². The maximum Gasteiger partial charge on any atom is 0.262 e. The highest BCUT2D eigenvalue weighted by atomic mass is 32.2. The predicted octanol–water partition coefficient (Wildman–Crippen LogP) is 4.60. The van der Waals surface area contributed by atoms with Gasteiger partial charge in [0.05, 0.1) is 16.7 Å². The molecule has 3 heterocycles. The van der Waals surface area contributed by atoms with Crippen molar-refractivity contribution in [1.82, 2.24) is 9.38 Å². The van der Waals surface area contributed by atoms with E-state index in [9.17, 15) is 4.79 Å². The SMILES string of the molecule is CN1C(=c2c(=O)sc3nc4ccccc4n23)Sc2ccc(-c3ccccc3)cc21. The van der Waals surface area contributed by atoms with Crippen LogP contribution in [0, 0.1) is 0 Å². The molecule has 6 heteroatoms. The van der Waals surface area contributed by atoms with Gasteiger partial charge in [0.1, 0.15) is 10.4 Å². The van der Waals surface area contributed by atoms with Crippen molar-refractivity contribution in [3.8, 4) is 11.1 Å². The fourth-order valence-corrected chi connectivity index (χ4v) is 5.96. The molecule has 0 aliphatic carbocycles. The first-order chi connectivity index (χ1) is 14.2. The van der Waals surface area contributed by atoms with Gasteiger partial charge in [-0.1, -0.05) is 71.6 Å². The van der Waals surface area contributed by atoms with Crippen LogP contribution in [0.5, 0.6) is 0 Å². The number of thiazole rings is 1. The van der Waals surface area contributed by atoms with E-state index in [2.05, 4.69) is 52.3 Å². The number of aromatic nitrogens is 2. The maximum atomic E-state index is 12.9. The molecule has 4 nitrogen and oxygen atoms in total. The van der Waals surface area contributed by atoms with Crippen LogP contribution in [-0.4, -0.2) is 16.4 Å². The molecule has 0 fully saturated rings. The minimum absolute atomic E-state index is 0.0451. The molecule has 29 heavy (non-hydrogen) atoms. The zero-order chi connectivity index (χ0) is 19.5. The van der Waals surface area contributed by atoms with Crippen LogP contribution in [-0.2, 0) is 0 Å². The summed E-state index contributed by atoms with van der Waals surface area (Å²) in [5.74, 6) is 0. The summed E-state index contributed by atoms with van der Waals surface area (Å²) < 4.78 is 2.05. The van der Waals surface area contributed by atoms with E-state index in [1.807, 2.05) is 41.8 Å². The Balaban J connectivity index is 1.59. The van der Waals surface area contributed by atoms with Crippen LogP contribution in [0.1, 0.15) is 0 Å². The summed E-state index contributed by atoms with van der Waals surface area (Å²) in [6, 6.07) is 24.8. The molecule has 5 aromatic rings.